The van der Waals surface area contributed by atoms with Crippen molar-refractivity contribution in [3.05, 3.63) is 0 Å². The molecule has 2 aliphatic carbocycles. The fourth-order valence-electron chi connectivity index (χ4n) is 5.61. The highest BCUT2D eigenvalue weighted by Crippen LogP contribution is 2.51. The van der Waals surface area contributed by atoms with Crippen LogP contribution in [0.25, 0.3) is 0 Å². The van der Waals surface area contributed by atoms with Gasteiger partial charge >= 0.3 is 0 Å². The largest absolute Gasteiger partial charge is 0.347 e. The average molecular weight is 352 g/mol. The van der Waals surface area contributed by atoms with Crippen LogP contribution in [0.15, 0.2) is 0 Å². The molecular formula is C22H41NO2. The molecule has 1 saturated heterocycles. The van der Waals surface area contributed by atoms with Crippen molar-refractivity contribution in [3.8, 4) is 0 Å². The van der Waals surface area contributed by atoms with Gasteiger partial charge in [0, 0.05) is 19.4 Å². The highest BCUT2D eigenvalue weighted by atomic mass is 16.7. The van der Waals surface area contributed by atoms with Crippen LogP contribution in [0.4, 0.5) is 0 Å². The van der Waals surface area contributed by atoms with Crippen LogP contribution in [-0.2, 0) is 9.47 Å². The molecule has 146 valence electrons. The Labute approximate surface area is 155 Å². The zero-order valence-electron chi connectivity index (χ0n) is 17.0. The van der Waals surface area contributed by atoms with E-state index in [4.69, 9.17) is 9.47 Å². The van der Waals surface area contributed by atoms with Crippen molar-refractivity contribution >= 4 is 0 Å². The molecule has 3 nitrogen and oxygen atoms in total. The first-order chi connectivity index (χ1) is 12.1. The van der Waals surface area contributed by atoms with Gasteiger partial charge in [0.2, 0.25) is 0 Å². The molecule has 0 aromatic rings. The summed E-state index contributed by atoms with van der Waals surface area (Å²) in [5.41, 5.74) is 0.597. The lowest BCUT2D eigenvalue weighted by atomic mass is 9.62. The van der Waals surface area contributed by atoms with Gasteiger partial charge in [0.25, 0.3) is 0 Å². The van der Waals surface area contributed by atoms with Crippen LogP contribution in [0.5, 0.6) is 0 Å². The van der Waals surface area contributed by atoms with Gasteiger partial charge in [-0.15, -0.1) is 0 Å². The normalized spacial score (nSPS) is 35.5. The monoisotopic (exact) mass is 351 g/mol. The zero-order valence-corrected chi connectivity index (χ0v) is 17.0. The third kappa shape index (κ3) is 4.78. The van der Waals surface area contributed by atoms with E-state index in [-0.39, 0.29) is 5.79 Å². The minimum atomic E-state index is -0.228. The summed E-state index contributed by atoms with van der Waals surface area (Å²) < 4.78 is 12.7. The molecule has 3 rings (SSSR count). The molecule has 0 aromatic heterocycles. The Hall–Kier alpha value is -0.120. The molecule has 3 fully saturated rings. The van der Waals surface area contributed by atoms with Gasteiger partial charge in [0.15, 0.2) is 5.79 Å². The van der Waals surface area contributed by atoms with Crippen molar-refractivity contribution in [3.63, 3.8) is 0 Å². The van der Waals surface area contributed by atoms with Crippen LogP contribution >= 0.6 is 0 Å². The summed E-state index contributed by atoms with van der Waals surface area (Å²) >= 11 is 0. The first-order valence-corrected chi connectivity index (χ1v) is 11.1. The summed E-state index contributed by atoms with van der Waals surface area (Å²) in [6.07, 6.45) is 14.7. The number of nitrogens with zero attached hydrogens (tertiary/aromatic N) is 1. The van der Waals surface area contributed by atoms with E-state index in [0.717, 1.165) is 44.9 Å². The lowest BCUT2D eigenvalue weighted by Gasteiger charge is -2.46. The van der Waals surface area contributed by atoms with Crippen molar-refractivity contribution in [2.75, 3.05) is 26.2 Å². The number of hydrogen-bond acceptors (Lipinski definition) is 3. The Morgan fingerprint density at radius 2 is 1.68 bits per heavy atom. The fourth-order valence-corrected chi connectivity index (χ4v) is 5.61. The lowest BCUT2D eigenvalue weighted by molar-refractivity contribution is -0.199. The summed E-state index contributed by atoms with van der Waals surface area (Å²) in [4.78, 5) is 2.54. The zero-order chi connectivity index (χ0) is 17.8. The highest BCUT2D eigenvalue weighted by molar-refractivity contribution is 4.92. The molecule has 1 atom stereocenters. The standard InChI is InChI=1S/C22H41NO2/c1-4-16-23(5-2)17-11-20-18-24-22(25-20)14-9-19(10-15-22)21(3)12-7-6-8-13-21/h19-20H,4-18H2,1-3H3. The Morgan fingerprint density at radius 1 is 0.960 bits per heavy atom. The first kappa shape index (κ1) is 19.6. The molecule has 1 heterocycles. The summed E-state index contributed by atoms with van der Waals surface area (Å²) in [5, 5.41) is 0. The molecule has 0 aromatic carbocycles. The number of ether oxygens (including phenoxy) is 2. The predicted molar refractivity (Wildman–Crippen MR) is 104 cm³/mol. The van der Waals surface area contributed by atoms with Crippen LogP contribution < -0.4 is 0 Å². The summed E-state index contributed by atoms with van der Waals surface area (Å²) in [6, 6.07) is 0. The van der Waals surface area contributed by atoms with Gasteiger partial charge in [0.1, 0.15) is 0 Å². The summed E-state index contributed by atoms with van der Waals surface area (Å²) in [5.74, 6) is 0.665. The molecule has 0 N–H and O–H groups in total. The van der Waals surface area contributed by atoms with E-state index < -0.39 is 0 Å². The predicted octanol–water partition coefficient (Wildman–Crippen LogP) is 5.38. The van der Waals surface area contributed by atoms with E-state index in [1.807, 2.05) is 0 Å². The number of rotatable bonds is 7. The van der Waals surface area contributed by atoms with E-state index in [9.17, 15) is 0 Å². The Balaban J connectivity index is 1.44. The van der Waals surface area contributed by atoms with Gasteiger partial charge in [-0.1, -0.05) is 40.0 Å². The van der Waals surface area contributed by atoms with Gasteiger partial charge in [-0.25, -0.2) is 0 Å². The van der Waals surface area contributed by atoms with E-state index in [2.05, 4.69) is 25.7 Å². The van der Waals surface area contributed by atoms with Gasteiger partial charge < -0.3 is 14.4 Å². The lowest BCUT2D eigenvalue weighted by Crippen LogP contribution is -2.41. The van der Waals surface area contributed by atoms with Crippen molar-refractivity contribution in [2.24, 2.45) is 11.3 Å². The minimum Gasteiger partial charge on any atom is -0.347 e. The van der Waals surface area contributed by atoms with Crippen molar-refractivity contribution in [2.45, 2.75) is 103 Å². The van der Waals surface area contributed by atoms with E-state index >= 15 is 0 Å². The smallest absolute Gasteiger partial charge is 0.168 e. The molecule has 1 unspecified atom stereocenters. The van der Waals surface area contributed by atoms with Gasteiger partial charge in [-0.3, -0.25) is 0 Å². The molecule has 25 heavy (non-hydrogen) atoms. The topological polar surface area (TPSA) is 21.7 Å². The van der Waals surface area contributed by atoms with Crippen molar-refractivity contribution < 1.29 is 9.47 Å². The fraction of sp³-hybridized carbons (Fsp3) is 1.00. The highest BCUT2D eigenvalue weighted by Gasteiger charge is 2.47. The van der Waals surface area contributed by atoms with Crippen molar-refractivity contribution in [1.82, 2.24) is 4.90 Å². The Bertz CT molecular complexity index is 397. The molecule has 0 bridgehead atoms. The number of hydrogen-bond donors (Lipinski definition) is 0. The third-order valence-corrected chi connectivity index (χ3v) is 7.40. The second-order valence-electron chi connectivity index (χ2n) is 9.17. The van der Waals surface area contributed by atoms with E-state index in [1.165, 1.54) is 57.9 Å². The molecular weight excluding hydrogens is 310 g/mol. The molecule has 3 aliphatic rings. The second kappa shape index (κ2) is 8.71. The summed E-state index contributed by atoms with van der Waals surface area (Å²) in [7, 11) is 0. The molecule has 1 spiro atoms. The Morgan fingerprint density at radius 3 is 2.32 bits per heavy atom. The van der Waals surface area contributed by atoms with Gasteiger partial charge in [0.05, 0.1) is 12.7 Å². The van der Waals surface area contributed by atoms with Crippen LogP contribution in [0.2, 0.25) is 0 Å². The molecule has 3 heteroatoms. The Kier molecular flexibility index (Phi) is 6.84. The SMILES string of the molecule is CCCN(CC)CCC1COC2(CCC(C3(C)CCCCC3)CC2)O1. The maximum absolute atomic E-state index is 6.48. The first-order valence-electron chi connectivity index (χ1n) is 11.1. The molecule has 2 saturated carbocycles. The maximum Gasteiger partial charge on any atom is 0.168 e. The van der Waals surface area contributed by atoms with E-state index in [0.29, 0.717) is 11.5 Å². The average Bonchev–Trinajstić information content (AvgIpc) is 3.02. The van der Waals surface area contributed by atoms with Crippen LogP contribution in [0.3, 0.4) is 0 Å². The van der Waals surface area contributed by atoms with Gasteiger partial charge in [-0.05, 0) is 62.9 Å². The van der Waals surface area contributed by atoms with Crippen LogP contribution in [0.1, 0.15) is 91.4 Å². The minimum absolute atomic E-state index is 0.228. The van der Waals surface area contributed by atoms with Crippen LogP contribution in [0, 0.1) is 11.3 Å². The molecule has 1 aliphatic heterocycles. The third-order valence-electron chi connectivity index (χ3n) is 7.40. The van der Waals surface area contributed by atoms with Gasteiger partial charge in [-0.2, -0.15) is 0 Å². The molecule has 0 amide bonds. The molecule has 0 radical (unpaired) electrons. The summed E-state index contributed by atoms with van der Waals surface area (Å²) in [6.45, 7) is 11.4. The van der Waals surface area contributed by atoms with Crippen LogP contribution in [-0.4, -0.2) is 43.0 Å². The van der Waals surface area contributed by atoms with E-state index in [1.54, 1.807) is 0 Å². The second-order valence-corrected chi connectivity index (χ2v) is 9.17. The quantitative estimate of drug-likeness (QED) is 0.614. The maximum atomic E-state index is 6.48. The van der Waals surface area contributed by atoms with Crippen molar-refractivity contribution in [1.29, 1.82) is 0 Å².